The number of ether oxygens (including phenoxy) is 2. The summed E-state index contributed by atoms with van der Waals surface area (Å²) in [7, 11) is 1.63. The van der Waals surface area contributed by atoms with E-state index in [-0.39, 0.29) is 11.9 Å². The van der Waals surface area contributed by atoms with Gasteiger partial charge < -0.3 is 14.8 Å². The van der Waals surface area contributed by atoms with Gasteiger partial charge in [0, 0.05) is 17.2 Å². The van der Waals surface area contributed by atoms with Gasteiger partial charge >= 0.3 is 0 Å². The molecule has 1 N–H and O–H groups in total. The van der Waals surface area contributed by atoms with Gasteiger partial charge in [0.25, 0.3) is 5.91 Å². The van der Waals surface area contributed by atoms with Crippen LogP contribution in [0.2, 0.25) is 0 Å². The first-order valence-corrected chi connectivity index (χ1v) is 10.6. The van der Waals surface area contributed by atoms with E-state index in [4.69, 9.17) is 9.47 Å². The van der Waals surface area contributed by atoms with Crippen LogP contribution in [0.5, 0.6) is 17.4 Å². The van der Waals surface area contributed by atoms with E-state index in [0.717, 1.165) is 22.6 Å². The number of aromatic nitrogens is 2. The van der Waals surface area contributed by atoms with Crippen molar-refractivity contribution in [2.45, 2.75) is 19.9 Å². The zero-order valence-corrected chi connectivity index (χ0v) is 18.8. The van der Waals surface area contributed by atoms with E-state index in [1.807, 2.05) is 62.4 Å². The summed E-state index contributed by atoms with van der Waals surface area (Å²) in [5.41, 5.74) is 4.39. The quantitative estimate of drug-likeness (QED) is 0.397. The Morgan fingerprint density at radius 3 is 2.39 bits per heavy atom. The lowest BCUT2D eigenvalue weighted by Gasteiger charge is -2.15. The fourth-order valence-corrected chi connectivity index (χ4v) is 3.35. The van der Waals surface area contributed by atoms with Crippen LogP contribution in [0.25, 0.3) is 11.3 Å². The van der Waals surface area contributed by atoms with Gasteiger partial charge in [0.05, 0.1) is 18.8 Å². The molecule has 1 heterocycles. The molecule has 0 saturated carbocycles. The summed E-state index contributed by atoms with van der Waals surface area (Å²) in [5, 5.41) is 3.03. The minimum Gasteiger partial charge on any atom is -0.497 e. The van der Waals surface area contributed by atoms with Crippen molar-refractivity contribution in [3.63, 3.8) is 0 Å². The number of hydrogen-bond donors (Lipinski definition) is 1. The fourth-order valence-electron chi connectivity index (χ4n) is 3.35. The van der Waals surface area contributed by atoms with Gasteiger partial charge in [-0.15, -0.1) is 0 Å². The standard InChI is InChI=1S/C27H25N3O3/c1-18-7-9-20(10-8-18)19(2)30-27(31)22-5-4-6-24(15-22)33-26-16-25(28-17-29-26)21-11-13-23(32-3)14-12-21/h4-17,19H,1-3H3,(H,30,31)/t19-/m1/s1. The summed E-state index contributed by atoms with van der Waals surface area (Å²) in [6, 6.07) is 24.4. The molecule has 0 aliphatic rings. The average molecular weight is 440 g/mol. The highest BCUT2D eigenvalue weighted by molar-refractivity contribution is 5.94. The van der Waals surface area contributed by atoms with Gasteiger partial charge in [0.1, 0.15) is 17.8 Å². The number of benzene rings is 3. The van der Waals surface area contributed by atoms with E-state index in [2.05, 4.69) is 15.3 Å². The molecule has 0 aliphatic carbocycles. The number of aryl methyl sites for hydroxylation is 1. The Morgan fingerprint density at radius 1 is 0.909 bits per heavy atom. The molecular weight excluding hydrogens is 414 g/mol. The Hall–Kier alpha value is -4.19. The van der Waals surface area contributed by atoms with Crippen molar-refractivity contribution >= 4 is 5.91 Å². The molecule has 1 atom stereocenters. The summed E-state index contributed by atoms with van der Waals surface area (Å²) < 4.78 is 11.1. The van der Waals surface area contributed by atoms with Crippen molar-refractivity contribution in [3.05, 3.63) is 102 Å². The van der Waals surface area contributed by atoms with Crippen molar-refractivity contribution in [2.75, 3.05) is 7.11 Å². The topological polar surface area (TPSA) is 73.3 Å². The van der Waals surface area contributed by atoms with Gasteiger partial charge in [0.15, 0.2) is 0 Å². The number of rotatable bonds is 7. The van der Waals surface area contributed by atoms with Gasteiger partial charge in [-0.25, -0.2) is 9.97 Å². The Bertz CT molecular complexity index is 1240. The van der Waals surface area contributed by atoms with Crippen molar-refractivity contribution in [3.8, 4) is 28.6 Å². The second-order valence-corrected chi connectivity index (χ2v) is 7.71. The van der Waals surface area contributed by atoms with Crippen molar-refractivity contribution in [1.82, 2.24) is 15.3 Å². The Labute approximate surface area is 193 Å². The third-order valence-electron chi connectivity index (χ3n) is 5.27. The van der Waals surface area contributed by atoms with E-state index in [9.17, 15) is 4.79 Å². The highest BCUT2D eigenvalue weighted by atomic mass is 16.5. The maximum Gasteiger partial charge on any atom is 0.251 e. The molecule has 6 nitrogen and oxygen atoms in total. The number of carbonyl (C=O) groups is 1. The van der Waals surface area contributed by atoms with Crippen LogP contribution < -0.4 is 14.8 Å². The van der Waals surface area contributed by atoms with Gasteiger partial charge in [-0.3, -0.25) is 4.79 Å². The predicted octanol–water partition coefficient (Wildman–Crippen LogP) is 5.74. The lowest BCUT2D eigenvalue weighted by Crippen LogP contribution is -2.26. The lowest BCUT2D eigenvalue weighted by atomic mass is 10.1. The van der Waals surface area contributed by atoms with E-state index in [0.29, 0.717) is 17.2 Å². The zero-order valence-electron chi connectivity index (χ0n) is 18.8. The summed E-state index contributed by atoms with van der Waals surface area (Å²) in [6.45, 7) is 4.00. The number of amides is 1. The molecule has 1 amide bonds. The molecule has 4 aromatic rings. The maximum absolute atomic E-state index is 12.8. The van der Waals surface area contributed by atoms with Crippen LogP contribution in [-0.2, 0) is 0 Å². The molecular formula is C27H25N3O3. The van der Waals surface area contributed by atoms with Gasteiger partial charge in [-0.05, 0) is 61.9 Å². The minimum absolute atomic E-state index is 0.114. The smallest absolute Gasteiger partial charge is 0.251 e. The van der Waals surface area contributed by atoms with Crippen LogP contribution in [0.15, 0.2) is 85.2 Å². The van der Waals surface area contributed by atoms with Crippen LogP contribution >= 0.6 is 0 Å². The third-order valence-corrected chi connectivity index (χ3v) is 5.27. The minimum atomic E-state index is -0.171. The van der Waals surface area contributed by atoms with E-state index in [1.165, 1.54) is 11.9 Å². The Kier molecular flexibility index (Phi) is 6.64. The molecule has 0 fully saturated rings. The van der Waals surface area contributed by atoms with Crippen LogP contribution in [0.4, 0.5) is 0 Å². The molecule has 0 bridgehead atoms. The summed E-state index contributed by atoms with van der Waals surface area (Å²) in [4.78, 5) is 21.3. The first-order chi connectivity index (χ1) is 16.0. The maximum atomic E-state index is 12.8. The van der Waals surface area contributed by atoms with E-state index >= 15 is 0 Å². The fraction of sp³-hybridized carbons (Fsp3) is 0.148. The van der Waals surface area contributed by atoms with Crippen molar-refractivity contribution in [1.29, 1.82) is 0 Å². The monoisotopic (exact) mass is 439 g/mol. The molecule has 6 heteroatoms. The van der Waals surface area contributed by atoms with Crippen LogP contribution in [0.3, 0.4) is 0 Å². The first kappa shape index (κ1) is 22.0. The highest BCUT2D eigenvalue weighted by Gasteiger charge is 2.13. The summed E-state index contributed by atoms with van der Waals surface area (Å²) >= 11 is 0. The number of nitrogens with one attached hydrogen (secondary N) is 1. The first-order valence-electron chi connectivity index (χ1n) is 10.6. The van der Waals surface area contributed by atoms with Crippen LogP contribution in [-0.4, -0.2) is 23.0 Å². The molecule has 0 spiro atoms. The molecule has 0 saturated heterocycles. The Morgan fingerprint density at radius 2 is 1.67 bits per heavy atom. The van der Waals surface area contributed by atoms with Crippen LogP contribution in [0.1, 0.15) is 34.5 Å². The molecule has 0 radical (unpaired) electrons. The highest BCUT2D eigenvalue weighted by Crippen LogP contribution is 2.26. The number of carbonyl (C=O) groups excluding carboxylic acids is 1. The molecule has 3 aromatic carbocycles. The molecule has 166 valence electrons. The van der Waals surface area contributed by atoms with Crippen molar-refractivity contribution < 1.29 is 14.3 Å². The predicted molar refractivity (Wildman–Crippen MR) is 128 cm³/mol. The molecule has 4 rings (SSSR count). The number of methoxy groups -OCH3 is 1. The number of hydrogen-bond acceptors (Lipinski definition) is 5. The molecule has 0 unspecified atom stereocenters. The van der Waals surface area contributed by atoms with Gasteiger partial charge in [-0.1, -0.05) is 35.9 Å². The Balaban J connectivity index is 1.46. The SMILES string of the molecule is COc1ccc(-c2cc(Oc3cccc(C(=O)N[C@H](C)c4ccc(C)cc4)c3)ncn2)cc1. The van der Waals surface area contributed by atoms with Gasteiger partial charge in [-0.2, -0.15) is 0 Å². The third kappa shape index (κ3) is 5.54. The van der Waals surface area contributed by atoms with Crippen molar-refractivity contribution in [2.24, 2.45) is 0 Å². The normalized spacial score (nSPS) is 11.5. The lowest BCUT2D eigenvalue weighted by molar-refractivity contribution is 0.0939. The second kappa shape index (κ2) is 9.96. The average Bonchev–Trinajstić information content (AvgIpc) is 2.85. The number of nitrogens with zero attached hydrogens (tertiary/aromatic N) is 2. The summed E-state index contributed by atoms with van der Waals surface area (Å²) in [6.07, 6.45) is 1.45. The second-order valence-electron chi connectivity index (χ2n) is 7.71. The van der Waals surface area contributed by atoms with Gasteiger partial charge in [0.2, 0.25) is 5.88 Å². The summed E-state index contributed by atoms with van der Waals surface area (Å²) in [5.74, 6) is 1.51. The molecule has 33 heavy (non-hydrogen) atoms. The molecule has 0 aliphatic heterocycles. The van der Waals surface area contributed by atoms with Crippen LogP contribution in [0, 0.1) is 6.92 Å². The largest absolute Gasteiger partial charge is 0.497 e. The van der Waals surface area contributed by atoms with E-state index in [1.54, 1.807) is 37.4 Å². The van der Waals surface area contributed by atoms with E-state index < -0.39 is 0 Å². The zero-order chi connectivity index (χ0) is 23.2. The molecule has 1 aromatic heterocycles.